The summed E-state index contributed by atoms with van der Waals surface area (Å²) >= 11 is 0. The highest BCUT2D eigenvalue weighted by molar-refractivity contribution is 5.75. The monoisotopic (exact) mass is 280 g/mol. The minimum atomic E-state index is -0.259. The molecule has 0 radical (unpaired) electrons. The number of amides is 1. The number of anilines is 1. The summed E-state index contributed by atoms with van der Waals surface area (Å²) in [5.74, 6) is -0.209. The first-order chi connectivity index (χ1) is 9.70. The van der Waals surface area contributed by atoms with Crippen LogP contribution in [0.5, 0.6) is 0 Å². The normalized spacial score (nSPS) is 13.4. The van der Waals surface area contributed by atoms with Crippen LogP contribution in [0.4, 0.5) is 5.69 Å². The van der Waals surface area contributed by atoms with Crippen molar-refractivity contribution >= 4 is 11.6 Å². The van der Waals surface area contributed by atoms with Gasteiger partial charge in [0.25, 0.3) is 5.56 Å². The molecular formula is C13H20N4O3. The molecule has 1 aliphatic rings. The molecule has 7 heteroatoms. The van der Waals surface area contributed by atoms with Crippen LogP contribution in [0.2, 0.25) is 0 Å². The van der Waals surface area contributed by atoms with Crippen molar-refractivity contribution in [3.63, 3.8) is 0 Å². The second-order valence-electron chi connectivity index (χ2n) is 4.73. The van der Waals surface area contributed by atoms with Gasteiger partial charge in [-0.05, 0) is 19.3 Å². The molecule has 1 aromatic rings. The van der Waals surface area contributed by atoms with E-state index >= 15 is 0 Å². The first-order valence-corrected chi connectivity index (χ1v) is 6.81. The summed E-state index contributed by atoms with van der Waals surface area (Å²) in [6, 6.07) is 1.51. The van der Waals surface area contributed by atoms with E-state index in [9.17, 15) is 9.59 Å². The molecule has 2 N–H and O–H groups in total. The Morgan fingerprint density at radius 3 is 3.25 bits per heavy atom. The molecule has 1 aromatic heterocycles. The Morgan fingerprint density at radius 2 is 2.45 bits per heavy atom. The molecule has 0 atom stereocenters. The van der Waals surface area contributed by atoms with Gasteiger partial charge in [0.2, 0.25) is 5.91 Å². The number of rotatable bonds is 6. The van der Waals surface area contributed by atoms with Crippen LogP contribution in [0.15, 0.2) is 10.9 Å². The van der Waals surface area contributed by atoms with E-state index in [1.165, 1.54) is 10.7 Å². The molecule has 0 spiro atoms. The van der Waals surface area contributed by atoms with Crippen LogP contribution >= 0.6 is 0 Å². The molecule has 20 heavy (non-hydrogen) atoms. The largest absolute Gasteiger partial charge is 0.385 e. The Balaban J connectivity index is 1.95. The van der Waals surface area contributed by atoms with Gasteiger partial charge in [-0.1, -0.05) is 0 Å². The number of nitrogens with one attached hydrogen (secondary N) is 2. The van der Waals surface area contributed by atoms with E-state index in [0.29, 0.717) is 13.2 Å². The zero-order valence-electron chi connectivity index (χ0n) is 11.6. The fourth-order valence-electron chi connectivity index (χ4n) is 2.10. The van der Waals surface area contributed by atoms with E-state index in [1.54, 1.807) is 7.11 Å². The second kappa shape index (κ2) is 7.04. The predicted molar refractivity (Wildman–Crippen MR) is 74.8 cm³/mol. The van der Waals surface area contributed by atoms with E-state index in [-0.39, 0.29) is 18.0 Å². The predicted octanol–water partition coefficient (Wildman–Crippen LogP) is -0.246. The molecule has 0 fully saturated rings. The summed E-state index contributed by atoms with van der Waals surface area (Å²) in [6.45, 7) is 1.95. The number of fused-ring (bicyclic) bond motifs is 1. The smallest absolute Gasteiger partial charge is 0.269 e. The minimum Gasteiger partial charge on any atom is -0.385 e. The van der Waals surface area contributed by atoms with E-state index in [4.69, 9.17) is 4.74 Å². The Morgan fingerprint density at radius 1 is 1.60 bits per heavy atom. The highest BCUT2D eigenvalue weighted by Crippen LogP contribution is 2.16. The second-order valence-corrected chi connectivity index (χ2v) is 4.73. The average molecular weight is 280 g/mol. The van der Waals surface area contributed by atoms with Crippen molar-refractivity contribution in [1.82, 2.24) is 15.1 Å². The van der Waals surface area contributed by atoms with Crippen LogP contribution < -0.4 is 16.2 Å². The molecule has 2 rings (SSSR count). The van der Waals surface area contributed by atoms with Crippen LogP contribution in [0.1, 0.15) is 18.5 Å². The molecule has 0 saturated heterocycles. The topological polar surface area (TPSA) is 85.2 Å². The summed E-state index contributed by atoms with van der Waals surface area (Å²) in [5.41, 5.74) is 1.38. The molecule has 0 aromatic carbocycles. The highest BCUT2D eigenvalue weighted by Gasteiger charge is 2.14. The molecule has 0 unspecified atom stereocenters. The summed E-state index contributed by atoms with van der Waals surface area (Å²) in [6.07, 6.45) is 2.57. The van der Waals surface area contributed by atoms with Crippen LogP contribution in [-0.2, 0) is 22.5 Å². The maximum atomic E-state index is 11.9. The number of carbonyl (C=O) groups is 1. The molecule has 0 bridgehead atoms. The first kappa shape index (κ1) is 14.5. The van der Waals surface area contributed by atoms with Crippen molar-refractivity contribution in [3.8, 4) is 0 Å². The lowest BCUT2D eigenvalue weighted by atomic mass is 10.1. The Labute approximate surface area is 117 Å². The lowest BCUT2D eigenvalue weighted by Gasteiger charge is -2.17. The van der Waals surface area contributed by atoms with Crippen molar-refractivity contribution in [2.24, 2.45) is 0 Å². The molecule has 0 aliphatic carbocycles. The molecule has 1 amide bonds. The number of methoxy groups -OCH3 is 1. The third-order valence-electron chi connectivity index (χ3n) is 3.12. The zero-order valence-corrected chi connectivity index (χ0v) is 11.6. The molecular weight excluding hydrogens is 260 g/mol. The fraction of sp³-hybridized carbons (Fsp3) is 0.615. The lowest BCUT2D eigenvalue weighted by Crippen LogP contribution is -2.35. The van der Waals surface area contributed by atoms with E-state index in [1.807, 2.05) is 0 Å². The Kier molecular flexibility index (Phi) is 5.11. The summed E-state index contributed by atoms with van der Waals surface area (Å²) in [5, 5.41) is 10.1. The van der Waals surface area contributed by atoms with Gasteiger partial charge in [-0.25, -0.2) is 4.68 Å². The summed E-state index contributed by atoms with van der Waals surface area (Å²) < 4.78 is 6.12. The van der Waals surface area contributed by atoms with E-state index in [0.717, 1.165) is 37.2 Å². The van der Waals surface area contributed by atoms with Crippen molar-refractivity contribution in [3.05, 3.63) is 22.1 Å². The maximum Gasteiger partial charge on any atom is 0.269 e. The number of aryl methyl sites for hydroxylation is 1. The molecule has 110 valence electrons. The molecule has 2 heterocycles. The van der Waals surface area contributed by atoms with Gasteiger partial charge < -0.3 is 15.4 Å². The Hall–Kier alpha value is -1.89. The number of nitrogens with zero attached hydrogens (tertiary/aromatic N) is 2. The average Bonchev–Trinajstić information content (AvgIpc) is 2.44. The molecule has 0 saturated carbocycles. The summed E-state index contributed by atoms with van der Waals surface area (Å²) in [7, 11) is 1.62. The van der Waals surface area contributed by atoms with Gasteiger partial charge in [0.05, 0.1) is 11.4 Å². The number of hydrogen-bond donors (Lipinski definition) is 2. The summed E-state index contributed by atoms with van der Waals surface area (Å²) in [4.78, 5) is 23.6. The van der Waals surface area contributed by atoms with Crippen molar-refractivity contribution in [2.45, 2.75) is 25.8 Å². The number of hydrogen-bond acceptors (Lipinski definition) is 5. The van der Waals surface area contributed by atoms with Crippen molar-refractivity contribution < 1.29 is 9.53 Å². The first-order valence-electron chi connectivity index (χ1n) is 6.81. The fourth-order valence-corrected chi connectivity index (χ4v) is 2.10. The number of ether oxygens (including phenoxy) is 1. The van der Waals surface area contributed by atoms with Crippen molar-refractivity contribution in [1.29, 1.82) is 0 Å². The quantitative estimate of drug-likeness (QED) is 0.702. The third kappa shape index (κ3) is 3.80. The van der Waals surface area contributed by atoms with E-state index < -0.39 is 0 Å². The number of carbonyl (C=O) groups excluding carboxylic acids is 1. The van der Waals surface area contributed by atoms with Gasteiger partial charge in [0.1, 0.15) is 6.54 Å². The number of aromatic nitrogens is 2. The van der Waals surface area contributed by atoms with Crippen molar-refractivity contribution in [2.75, 3.05) is 32.1 Å². The highest BCUT2D eigenvalue weighted by atomic mass is 16.5. The minimum absolute atomic E-state index is 0.0426. The van der Waals surface area contributed by atoms with Crippen LogP contribution in [0, 0.1) is 0 Å². The van der Waals surface area contributed by atoms with Gasteiger partial charge in [-0.3, -0.25) is 9.59 Å². The van der Waals surface area contributed by atoms with Gasteiger partial charge in [-0.15, -0.1) is 0 Å². The maximum absolute atomic E-state index is 11.9. The SMILES string of the molecule is COCCCNC(=O)Cn1nc2c(cc1=O)NCCC2. The van der Waals surface area contributed by atoms with Crippen LogP contribution in [0.3, 0.4) is 0 Å². The molecule has 1 aliphatic heterocycles. The van der Waals surface area contributed by atoms with Gasteiger partial charge >= 0.3 is 0 Å². The zero-order chi connectivity index (χ0) is 14.4. The van der Waals surface area contributed by atoms with Gasteiger partial charge in [0, 0.05) is 32.9 Å². The van der Waals surface area contributed by atoms with E-state index in [2.05, 4.69) is 15.7 Å². The third-order valence-corrected chi connectivity index (χ3v) is 3.12. The van der Waals surface area contributed by atoms with Crippen LogP contribution in [0.25, 0.3) is 0 Å². The van der Waals surface area contributed by atoms with Gasteiger partial charge in [-0.2, -0.15) is 5.10 Å². The Bertz CT molecular complexity index is 527. The standard InChI is InChI=1S/C13H20N4O3/c1-20-7-3-6-15-12(18)9-17-13(19)8-11-10(16-17)4-2-5-14-11/h8,14H,2-7,9H2,1H3,(H,15,18). The molecule has 7 nitrogen and oxygen atoms in total. The lowest BCUT2D eigenvalue weighted by molar-refractivity contribution is -0.121. The van der Waals surface area contributed by atoms with Gasteiger partial charge in [0.15, 0.2) is 0 Å². The van der Waals surface area contributed by atoms with Crippen LogP contribution in [-0.4, -0.2) is 42.5 Å².